The number of fused-ring (bicyclic) bond motifs is 5. The monoisotopic (exact) mass is 232 g/mol. The molecule has 1 saturated carbocycles. The number of ether oxygens (including phenoxy) is 1. The Morgan fingerprint density at radius 2 is 2.29 bits per heavy atom. The summed E-state index contributed by atoms with van der Waals surface area (Å²) in [6, 6.07) is 0. The Labute approximate surface area is 103 Å². The number of rotatable bonds is 4. The van der Waals surface area contributed by atoms with Crippen LogP contribution in [0.1, 0.15) is 32.6 Å². The molecule has 92 valence electrons. The maximum atomic E-state index is 12.1. The van der Waals surface area contributed by atoms with Crippen molar-refractivity contribution in [2.75, 3.05) is 0 Å². The molecule has 0 aromatic carbocycles. The SMILES string of the molecule is C=C[C@]1(CCCC)OC(=O)[C@@H]2[C@H]1[C@@H]1C=C[C@H]2C1. The fourth-order valence-corrected chi connectivity index (χ4v) is 4.08. The van der Waals surface area contributed by atoms with E-state index in [0.717, 1.165) is 25.7 Å². The maximum Gasteiger partial charge on any atom is 0.310 e. The number of hydrogen-bond donors (Lipinski definition) is 0. The molecular weight excluding hydrogens is 212 g/mol. The lowest BCUT2D eigenvalue weighted by Crippen LogP contribution is -2.37. The predicted molar refractivity (Wildman–Crippen MR) is 66.3 cm³/mol. The van der Waals surface area contributed by atoms with Crippen molar-refractivity contribution < 1.29 is 9.53 Å². The van der Waals surface area contributed by atoms with Crippen molar-refractivity contribution in [3.8, 4) is 0 Å². The predicted octanol–water partition coefficient (Wildman–Crippen LogP) is 3.10. The zero-order valence-corrected chi connectivity index (χ0v) is 10.4. The van der Waals surface area contributed by atoms with Gasteiger partial charge in [0, 0.05) is 5.92 Å². The van der Waals surface area contributed by atoms with E-state index in [1.54, 1.807) is 0 Å². The van der Waals surface area contributed by atoms with Gasteiger partial charge in [0.25, 0.3) is 0 Å². The molecule has 0 unspecified atom stereocenters. The summed E-state index contributed by atoms with van der Waals surface area (Å²) in [4.78, 5) is 12.1. The van der Waals surface area contributed by atoms with Gasteiger partial charge < -0.3 is 4.74 Å². The van der Waals surface area contributed by atoms with Crippen molar-refractivity contribution in [1.82, 2.24) is 0 Å². The minimum Gasteiger partial charge on any atom is -0.454 e. The third-order valence-electron chi connectivity index (χ3n) is 4.85. The van der Waals surface area contributed by atoms with Crippen LogP contribution >= 0.6 is 0 Å². The quantitative estimate of drug-likeness (QED) is 0.550. The third-order valence-corrected chi connectivity index (χ3v) is 4.85. The van der Waals surface area contributed by atoms with Crippen molar-refractivity contribution in [1.29, 1.82) is 0 Å². The molecule has 0 aromatic heterocycles. The average molecular weight is 232 g/mol. The van der Waals surface area contributed by atoms with Gasteiger partial charge in [-0.3, -0.25) is 4.79 Å². The van der Waals surface area contributed by atoms with E-state index in [4.69, 9.17) is 4.74 Å². The highest BCUT2D eigenvalue weighted by molar-refractivity contribution is 5.78. The van der Waals surface area contributed by atoms with Gasteiger partial charge in [0.15, 0.2) is 0 Å². The van der Waals surface area contributed by atoms with Crippen LogP contribution in [-0.2, 0) is 9.53 Å². The van der Waals surface area contributed by atoms with E-state index in [0.29, 0.717) is 17.8 Å². The summed E-state index contributed by atoms with van der Waals surface area (Å²) in [5, 5.41) is 0. The summed E-state index contributed by atoms with van der Waals surface area (Å²) in [6.07, 6.45) is 10.7. The van der Waals surface area contributed by atoms with E-state index in [-0.39, 0.29) is 17.5 Å². The van der Waals surface area contributed by atoms with Crippen LogP contribution in [0.2, 0.25) is 0 Å². The molecule has 0 radical (unpaired) electrons. The molecular formula is C15H20O2. The molecule has 2 fully saturated rings. The van der Waals surface area contributed by atoms with E-state index in [9.17, 15) is 4.79 Å². The lowest BCUT2D eigenvalue weighted by Gasteiger charge is -2.33. The smallest absolute Gasteiger partial charge is 0.310 e. The molecule has 0 amide bonds. The fourth-order valence-electron chi connectivity index (χ4n) is 4.08. The van der Waals surface area contributed by atoms with Crippen molar-refractivity contribution in [2.24, 2.45) is 23.7 Å². The molecule has 2 nitrogen and oxygen atoms in total. The molecule has 5 atom stereocenters. The topological polar surface area (TPSA) is 26.3 Å². The van der Waals surface area contributed by atoms with Gasteiger partial charge in [0.1, 0.15) is 5.60 Å². The van der Waals surface area contributed by atoms with Crippen molar-refractivity contribution in [3.05, 3.63) is 24.8 Å². The number of cyclic esters (lactones) is 1. The first-order chi connectivity index (χ1) is 8.22. The van der Waals surface area contributed by atoms with Crippen molar-refractivity contribution in [2.45, 2.75) is 38.2 Å². The number of carbonyl (C=O) groups excluding carboxylic acids is 1. The second kappa shape index (κ2) is 3.72. The van der Waals surface area contributed by atoms with E-state index >= 15 is 0 Å². The second-order valence-electron chi connectivity index (χ2n) is 5.68. The molecule has 2 aliphatic carbocycles. The highest BCUT2D eigenvalue weighted by Crippen LogP contribution is 2.59. The summed E-state index contributed by atoms with van der Waals surface area (Å²) >= 11 is 0. The zero-order chi connectivity index (χ0) is 12.0. The van der Waals surface area contributed by atoms with Crippen LogP contribution in [0.3, 0.4) is 0 Å². The largest absolute Gasteiger partial charge is 0.454 e. The van der Waals surface area contributed by atoms with Gasteiger partial charge in [-0.2, -0.15) is 0 Å². The van der Waals surface area contributed by atoms with Crippen LogP contribution in [0, 0.1) is 23.7 Å². The molecule has 1 heterocycles. The van der Waals surface area contributed by atoms with E-state index in [2.05, 4.69) is 25.7 Å². The molecule has 17 heavy (non-hydrogen) atoms. The van der Waals surface area contributed by atoms with E-state index < -0.39 is 0 Å². The molecule has 1 saturated heterocycles. The van der Waals surface area contributed by atoms with Gasteiger partial charge in [0.2, 0.25) is 0 Å². The second-order valence-corrected chi connectivity index (χ2v) is 5.68. The molecule has 0 aromatic rings. The number of carbonyl (C=O) groups is 1. The van der Waals surface area contributed by atoms with Gasteiger partial charge >= 0.3 is 5.97 Å². The molecule has 0 N–H and O–H groups in total. The first-order valence-corrected chi connectivity index (χ1v) is 6.76. The van der Waals surface area contributed by atoms with Crippen LogP contribution in [0.4, 0.5) is 0 Å². The minimum absolute atomic E-state index is 0.0165. The van der Waals surface area contributed by atoms with Crippen LogP contribution in [-0.4, -0.2) is 11.6 Å². The number of unbranched alkanes of at least 4 members (excludes halogenated alkanes) is 1. The van der Waals surface area contributed by atoms with Gasteiger partial charge in [-0.15, -0.1) is 0 Å². The molecule has 2 bridgehead atoms. The van der Waals surface area contributed by atoms with E-state index in [1.165, 1.54) is 0 Å². The van der Waals surface area contributed by atoms with E-state index in [1.807, 2.05) is 6.08 Å². The maximum absolute atomic E-state index is 12.1. The first-order valence-electron chi connectivity index (χ1n) is 6.76. The van der Waals surface area contributed by atoms with Crippen molar-refractivity contribution in [3.63, 3.8) is 0 Å². The summed E-state index contributed by atoms with van der Waals surface area (Å²) in [5.74, 6) is 1.45. The fraction of sp³-hybridized carbons (Fsp3) is 0.667. The Morgan fingerprint density at radius 1 is 1.53 bits per heavy atom. The molecule has 2 heteroatoms. The Morgan fingerprint density at radius 3 is 3.00 bits per heavy atom. The molecule has 3 aliphatic rings. The van der Waals surface area contributed by atoms with Gasteiger partial charge in [-0.1, -0.05) is 32.1 Å². The third kappa shape index (κ3) is 1.36. The van der Waals surface area contributed by atoms with Gasteiger partial charge in [-0.25, -0.2) is 0 Å². The van der Waals surface area contributed by atoms with Crippen LogP contribution in [0.25, 0.3) is 0 Å². The van der Waals surface area contributed by atoms with Crippen LogP contribution in [0.15, 0.2) is 24.8 Å². The summed E-state index contributed by atoms with van der Waals surface area (Å²) in [7, 11) is 0. The minimum atomic E-state index is -0.373. The Hall–Kier alpha value is -1.05. The van der Waals surface area contributed by atoms with Crippen LogP contribution in [0.5, 0.6) is 0 Å². The van der Waals surface area contributed by atoms with Gasteiger partial charge in [-0.05, 0) is 37.2 Å². The Kier molecular flexibility index (Phi) is 2.42. The molecule has 3 rings (SSSR count). The molecule has 1 aliphatic heterocycles. The van der Waals surface area contributed by atoms with Crippen molar-refractivity contribution >= 4 is 5.97 Å². The number of esters is 1. The summed E-state index contributed by atoms with van der Waals surface area (Å²) in [6.45, 7) is 6.12. The summed E-state index contributed by atoms with van der Waals surface area (Å²) < 4.78 is 5.75. The average Bonchev–Trinajstić information content (AvgIpc) is 2.99. The summed E-state index contributed by atoms with van der Waals surface area (Å²) in [5.41, 5.74) is -0.373. The number of allylic oxidation sites excluding steroid dienone is 2. The highest BCUT2D eigenvalue weighted by Gasteiger charge is 2.63. The molecule has 0 spiro atoms. The normalized spacial score (nSPS) is 46.1. The standard InChI is InChI=1S/C15H20O2/c1-3-5-8-15(4-2)13-11-7-6-10(9-11)12(13)14(16)17-15/h4,6-7,10-13H,2-3,5,8-9H2,1H3/t10-,11+,12-,13+,15+/m0/s1. The van der Waals surface area contributed by atoms with Gasteiger partial charge in [0.05, 0.1) is 5.92 Å². The lowest BCUT2D eigenvalue weighted by molar-refractivity contribution is -0.149. The lowest BCUT2D eigenvalue weighted by atomic mass is 9.72. The Bertz CT molecular complexity index is 384. The van der Waals surface area contributed by atoms with Crippen LogP contribution < -0.4 is 0 Å². The number of hydrogen-bond acceptors (Lipinski definition) is 2. The zero-order valence-electron chi connectivity index (χ0n) is 10.4. The Balaban J connectivity index is 1.93. The highest BCUT2D eigenvalue weighted by atomic mass is 16.6. The first kappa shape index (κ1) is 11.1.